The highest BCUT2D eigenvalue weighted by atomic mass is 35.5. The molecule has 0 spiro atoms. The number of hydrogen-bond acceptors (Lipinski definition) is 7. The van der Waals surface area contributed by atoms with Crippen LogP contribution in [0.2, 0.25) is 5.02 Å². The molecule has 0 unspecified atom stereocenters. The Kier molecular flexibility index (Phi) is 6.06. The molecule has 8 heteroatoms. The molecule has 7 nitrogen and oxygen atoms in total. The largest absolute Gasteiger partial charge is 0.404 e. The van der Waals surface area contributed by atoms with E-state index in [0.717, 1.165) is 63.3 Å². The van der Waals surface area contributed by atoms with Crippen molar-refractivity contribution in [1.29, 1.82) is 0 Å². The third-order valence-electron chi connectivity index (χ3n) is 5.70. The number of hydroxylamine groups is 2. The Hall–Kier alpha value is -2.61. The topological polar surface area (TPSA) is 62.8 Å². The maximum absolute atomic E-state index is 6.39. The van der Waals surface area contributed by atoms with E-state index in [4.69, 9.17) is 26.2 Å². The highest BCUT2D eigenvalue weighted by Crippen LogP contribution is 2.32. The van der Waals surface area contributed by atoms with Gasteiger partial charge in [0.05, 0.1) is 18.2 Å². The van der Waals surface area contributed by atoms with Gasteiger partial charge in [-0.15, -0.1) is 5.06 Å². The summed E-state index contributed by atoms with van der Waals surface area (Å²) in [6, 6.07) is 12.0. The molecule has 0 radical (unpaired) electrons. The van der Waals surface area contributed by atoms with E-state index in [1.165, 1.54) is 12.1 Å². The number of nitrogens with zero attached hydrogens (tertiary/aromatic N) is 4. The first-order valence-electron chi connectivity index (χ1n) is 10.8. The van der Waals surface area contributed by atoms with E-state index in [1.54, 1.807) is 6.20 Å². The number of fused-ring (bicyclic) bond motifs is 1. The number of nitrogens with one attached hydrogen (secondary N) is 1. The zero-order chi connectivity index (χ0) is 21.0. The molecule has 5 rings (SSSR count). The van der Waals surface area contributed by atoms with Crippen molar-refractivity contribution >= 4 is 39.8 Å². The first kappa shape index (κ1) is 20.3. The van der Waals surface area contributed by atoms with Crippen molar-refractivity contribution in [3.63, 3.8) is 0 Å². The fourth-order valence-corrected chi connectivity index (χ4v) is 4.20. The lowest BCUT2D eigenvalue weighted by Crippen LogP contribution is -2.36. The molecule has 0 bridgehead atoms. The van der Waals surface area contributed by atoms with Gasteiger partial charge in [0, 0.05) is 49.1 Å². The lowest BCUT2D eigenvalue weighted by Gasteiger charge is -2.28. The number of hydrogen-bond donors (Lipinski definition) is 1. The van der Waals surface area contributed by atoms with Gasteiger partial charge in [-0.2, -0.15) is 0 Å². The summed E-state index contributed by atoms with van der Waals surface area (Å²) in [6.07, 6.45) is 5.29. The molecule has 0 atom stereocenters. The molecule has 3 aromatic rings. The SMILES string of the molecule is Clc1ccc(ON2CCCCC2)c2nc(Nc3ccc(N4CCOCC4)cc3)ncc12. The van der Waals surface area contributed by atoms with Gasteiger partial charge in [0.25, 0.3) is 0 Å². The number of aromatic nitrogens is 2. The first-order valence-corrected chi connectivity index (χ1v) is 11.2. The van der Waals surface area contributed by atoms with Gasteiger partial charge in [-0.3, -0.25) is 0 Å². The van der Waals surface area contributed by atoms with Gasteiger partial charge in [-0.05, 0) is 49.2 Å². The van der Waals surface area contributed by atoms with E-state index >= 15 is 0 Å². The summed E-state index contributed by atoms with van der Waals surface area (Å²) in [5, 5.41) is 6.70. The van der Waals surface area contributed by atoms with Gasteiger partial charge in [0.1, 0.15) is 5.52 Å². The molecule has 1 aromatic heterocycles. The number of rotatable bonds is 5. The molecule has 2 fully saturated rings. The van der Waals surface area contributed by atoms with Crippen LogP contribution in [0, 0.1) is 0 Å². The number of anilines is 3. The number of piperidine rings is 1. The van der Waals surface area contributed by atoms with E-state index in [-0.39, 0.29) is 0 Å². The van der Waals surface area contributed by atoms with Crippen molar-refractivity contribution in [2.24, 2.45) is 0 Å². The summed E-state index contributed by atoms with van der Waals surface area (Å²) < 4.78 is 5.43. The minimum absolute atomic E-state index is 0.511. The van der Waals surface area contributed by atoms with Crippen molar-refractivity contribution in [2.45, 2.75) is 19.3 Å². The molecule has 2 aromatic carbocycles. The van der Waals surface area contributed by atoms with Gasteiger partial charge in [-0.25, -0.2) is 9.97 Å². The summed E-state index contributed by atoms with van der Waals surface area (Å²) in [4.78, 5) is 17.7. The summed E-state index contributed by atoms with van der Waals surface area (Å²) >= 11 is 6.39. The molecular weight excluding hydrogens is 414 g/mol. The average Bonchev–Trinajstić information content (AvgIpc) is 2.83. The van der Waals surface area contributed by atoms with Crippen LogP contribution < -0.4 is 15.1 Å². The van der Waals surface area contributed by atoms with Crippen molar-refractivity contribution in [3.8, 4) is 5.75 Å². The monoisotopic (exact) mass is 439 g/mol. The summed E-state index contributed by atoms with van der Waals surface area (Å²) in [7, 11) is 0. The molecule has 31 heavy (non-hydrogen) atoms. The zero-order valence-electron chi connectivity index (χ0n) is 17.4. The number of morpholine rings is 1. The maximum Gasteiger partial charge on any atom is 0.227 e. The van der Waals surface area contributed by atoms with Crippen LogP contribution in [-0.2, 0) is 4.74 Å². The fourth-order valence-electron chi connectivity index (χ4n) is 4.00. The van der Waals surface area contributed by atoms with Crippen LogP contribution in [0.3, 0.4) is 0 Å². The standard InChI is InChI=1S/C23H26ClN5O2/c24-20-8-9-21(31-29-10-2-1-3-11-29)22-19(20)16-25-23(27-22)26-17-4-6-18(7-5-17)28-12-14-30-15-13-28/h4-9,16H,1-3,10-15H2,(H,25,26,27). The second-order valence-corrected chi connectivity index (χ2v) is 8.26. The Morgan fingerprint density at radius 3 is 2.48 bits per heavy atom. The van der Waals surface area contributed by atoms with Crippen LogP contribution in [0.15, 0.2) is 42.6 Å². The lowest BCUT2D eigenvalue weighted by molar-refractivity contribution is -0.0708. The minimum atomic E-state index is 0.511. The van der Waals surface area contributed by atoms with Crippen molar-refractivity contribution in [3.05, 3.63) is 47.6 Å². The number of benzene rings is 2. The van der Waals surface area contributed by atoms with Crippen molar-refractivity contribution in [2.75, 3.05) is 49.6 Å². The summed E-state index contributed by atoms with van der Waals surface area (Å²) in [5.74, 6) is 1.21. The van der Waals surface area contributed by atoms with Crippen LogP contribution in [-0.4, -0.2) is 54.4 Å². The molecule has 2 aliphatic heterocycles. The molecular formula is C23H26ClN5O2. The molecule has 3 heterocycles. The highest BCUT2D eigenvalue weighted by molar-refractivity contribution is 6.35. The minimum Gasteiger partial charge on any atom is -0.404 e. The molecule has 162 valence electrons. The predicted molar refractivity (Wildman–Crippen MR) is 123 cm³/mol. The molecule has 1 N–H and O–H groups in total. The molecule has 0 saturated carbocycles. The normalized spacial score (nSPS) is 17.6. The Morgan fingerprint density at radius 1 is 0.935 bits per heavy atom. The van der Waals surface area contributed by atoms with Crippen LogP contribution in [0.25, 0.3) is 10.9 Å². The second-order valence-electron chi connectivity index (χ2n) is 7.85. The van der Waals surface area contributed by atoms with Gasteiger partial charge in [-0.1, -0.05) is 18.0 Å². The van der Waals surface area contributed by atoms with Gasteiger partial charge < -0.3 is 19.8 Å². The molecule has 0 aliphatic carbocycles. The Labute approximate surface area is 186 Å². The van der Waals surface area contributed by atoms with Crippen LogP contribution in [0.5, 0.6) is 5.75 Å². The van der Waals surface area contributed by atoms with Crippen molar-refractivity contribution in [1.82, 2.24) is 15.0 Å². The smallest absolute Gasteiger partial charge is 0.227 e. The zero-order valence-corrected chi connectivity index (χ0v) is 18.1. The molecule has 2 saturated heterocycles. The number of halogens is 1. The summed E-state index contributed by atoms with van der Waals surface area (Å²) in [5.41, 5.74) is 2.83. The molecule has 0 amide bonds. The van der Waals surface area contributed by atoms with E-state index in [0.29, 0.717) is 22.2 Å². The lowest BCUT2D eigenvalue weighted by atomic mass is 10.2. The van der Waals surface area contributed by atoms with E-state index in [2.05, 4.69) is 27.3 Å². The van der Waals surface area contributed by atoms with E-state index < -0.39 is 0 Å². The van der Waals surface area contributed by atoms with Gasteiger partial charge >= 0.3 is 0 Å². The van der Waals surface area contributed by atoms with E-state index in [1.807, 2.05) is 29.3 Å². The Morgan fingerprint density at radius 2 is 1.71 bits per heavy atom. The number of ether oxygens (including phenoxy) is 1. The average molecular weight is 440 g/mol. The molecule has 2 aliphatic rings. The van der Waals surface area contributed by atoms with Gasteiger partial charge in [0.15, 0.2) is 5.75 Å². The summed E-state index contributed by atoms with van der Waals surface area (Å²) in [6.45, 7) is 5.23. The third kappa shape index (κ3) is 4.69. The Balaban J connectivity index is 1.36. The predicted octanol–water partition coefficient (Wildman–Crippen LogP) is 4.64. The van der Waals surface area contributed by atoms with Crippen LogP contribution >= 0.6 is 11.6 Å². The van der Waals surface area contributed by atoms with Crippen LogP contribution in [0.4, 0.5) is 17.3 Å². The Bertz CT molecular complexity index is 1030. The first-order chi connectivity index (χ1) is 15.3. The fraction of sp³-hybridized carbons (Fsp3) is 0.391. The van der Waals surface area contributed by atoms with Crippen LogP contribution in [0.1, 0.15) is 19.3 Å². The quantitative estimate of drug-likeness (QED) is 0.621. The second kappa shape index (κ2) is 9.26. The highest BCUT2D eigenvalue weighted by Gasteiger charge is 2.16. The maximum atomic E-state index is 6.39. The van der Waals surface area contributed by atoms with E-state index in [9.17, 15) is 0 Å². The third-order valence-corrected chi connectivity index (χ3v) is 6.03. The van der Waals surface area contributed by atoms with Gasteiger partial charge in [0.2, 0.25) is 5.95 Å². The van der Waals surface area contributed by atoms with Crippen molar-refractivity contribution < 1.29 is 9.57 Å².